The Labute approximate surface area is 182 Å². The summed E-state index contributed by atoms with van der Waals surface area (Å²) in [5, 5.41) is 4.31. The average Bonchev–Trinajstić information content (AvgIpc) is 3.51. The Morgan fingerprint density at radius 2 is 2.00 bits per heavy atom. The van der Waals surface area contributed by atoms with Crippen LogP contribution in [0.2, 0.25) is 0 Å². The summed E-state index contributed by atoms with van der Waals surface area (Å²) < 4.78 is 8.21. The molecule has 2 aliphatic rings. The van der Waals surface area contributed by atoms with E-state index in [4.69, 9.17) is 17.0 Å². The Morgan fingerprint density at radius 3 is 2.73 bits per heavy atom. The molecule has 4 heterocycles. The van der Waals surface area contributed by atoms with Crippen LogP contribution in [0.4, 0.5) is 0 Å². The van der Waals surface area contributed by atoms with Gasteiger partial charge < -0.3 is 19.5 Å². The highest BCUT2D eigenvalue weighted by atomic mass is 32.1. The highest BCUT2D eigenvalue weighted by molar-refractivity contribution is 7.80. The summed E-state index contributed by atoms with van der Waals surface area (Å²) in [4.78, 5) is 6.94. The number of pyridine rings is 1. The van der Waals surface area contributed by atoms with Gasteiger partial charge in [-0.25, -0.2) is 0 Å². The SMILES string of the molecule is Cc1ccc(-n2cccc2[C@@H]2[C@@H](c3ccccn3)NC(=S)N2C[C@@H]2CCCO2)cc1. The molecule has 2 aromatic heterocycles. The van der Waals surface area contributed by atoms with E-state index in [1.807, 2.05) is 18.3 Å². The average molecular weight is 419 g/mol. The van der Waals surface area contributed by atoms with Crippen molar-refractivity contribution in [1.82, 2.24) is 19.8 Å². The summed E-state index contributed by atoms with van der Waals surface area (Å²) in [6, 6.07) is 19.0. The second-order valence-electron chi connectivity index (χ2n) is 8.05. The molecule has 3 aromatic rings. The molecular weight excluding hydrogens is 392 g/mol. The number of aromatic nitrogens is 2. The van der Waals surface area contributed by atoms with Gasteiger partial charge in [0.1, 0.15) is 0 Å². The minimum Gasteiger partial charge on any atom is -0.376 e. The maximum Gasteiger partial charge on any atom is 0.170 e. The van der Waals surface area contributed by atoms with E-state index in [-0.39, 0.29) is 18.2 Å². The van der Waals surface area contributed by atoms with E-state index in [1.165, 1.54) is 11.3 Å². The van der Waals surface area contributed by atoms with Gasteiger partial charge in [-0.05, 0) is 68.4 Å². The second kappa shape index (κ2) is 8.20. The number of benzene rings is 1. The molecule has 2 fully saturated rings. The van der Waals surface area contributed by atoms with Gasteiger partial charge in [-0.1, -0.05) is 23.8 Å². The number of aryl methyl sites for hydroxylation is 1. The van der Waals surface area contributed by atoms with E-state index in [1.54, 1.807) is 0 Å². The lowest BCUT2D eigenvalue weighted by Gasteiger charge is -2.30. The van der Waals surface area contributed by atoms with E-state index in [0.29, 0.717) is 0 Å². The van der Waals surface area contributed by atoms with Gasteiger partial charge in [0.05, 0.1) is 23.9 Å². The fourth-order valence-electron chi connectivity index (χ4n) is 4.51. The molecule has 3 atom stereocenters. The summed E-state index contributed by atoms with van der Waals surface area (Å²) in [6.07, 6.45) is 6.39. The number of thiocarbonyl (C=S) groups is 1. The third-order valence-electron chi connectivity index (χ3n) is 6.02. The maximum atomic E-state index is 5.95. The number of hydrogen-bond donors (Lipinski definition) is 1. The van der Waals surface area contributed by atoms with Crippen LogP contribution in [0.15, 0.2) is 67.0 Å². The quantitative estimate of drug-likeness (QED) is 0.625. The molecule has 1 N–H and O–H groups in total. The number of nitrogens with zero attached hydrogens (tertiary/aromatic N) is 3. The lowest BCUT2D eigenvalue weighted by Crippen LogP contribution is -2.36. The molecule has 0 bridgehead atoms. The first-order chi connectivity index (χ1) is 14.7. The largest absolute Gasteiger partial charge is 0.376 e. The van der Waals surface area contributed by atoms with Crippen LogP contribution in [-0.2, 0) is 4.74 Å². The highest BCUT2D eigenvalue weighted by Gasteiger charge is 2.42. The standard InChI is InChI=1S/C24H26N4OS/c1-17-9-11-18(12-10-17)27-14-4-8-21(27)23-22(20-7-2-3-13-25-20)26-24(30)28(23)16-19-6-5-15-29-19/h2-4,7-14,19,22-23H,5-6,15-16H2,1H3,(H,26,30)/t19-,22+,23+/m0/s1. The lowest BCUT2D eigenvalue weighted by molar-refractivity contribution is 0.0836. The molecule has 2 saturated heterocycles. The number of ether oxygens (including phenoxy) is 1. The fourth-order valence-corrected chi connectivity index (χ4v) is 4.82. The fraction of sp³-hybridized carbons (Fsp3) is 0.333. The molecule has 0 radical (unpaired) electrons. The number of hydrogen-bond acceptors (Lipinski definition) is 3. The zero-order valence-electron chi connectivity index (χ0n) is 17.1. The molecule has 0 aliphatic carbocycles. The molecule has 0 amide bonds. The molecule has 0 unspecified atom stereocenters. The predicted octanol–water partition coefficient (Wildman–Crippen LogP) is 4.33. The number of rotatable bonds is 5. The van der Waals surface area contributed by atoms with Gasteiger partial charge in [-0.2, -0.15) is 0 Å². The van der Waals surface area contributed by atoms with Crippen LogP contribution in [0.25, 0.3) is 5.69 Å². The van der Waals surface area contributed by atoms with Crippen LogP contribution in [0.5, 0.6) is 0 Å². The molecule has 154 valence electrons. The van der Waals surface area contributed by atoms with Gasteiger partial charge in [0.2, 0.25) is 0 Å². The highest BCUT2D eigenvalue weighted by Crippen LogP contribution is 2.40. The van der Waals surface area contributed by atoms with Crippen molar-refractivity contribution >= 4 is 17.3 Å². The lowest BCUT2D eigenvalue weighted by atomic mass is 10.0. The first kappa shape index (κ1) is 19.3. The normalized spacial score (nSPS) is 23.7. The maximum absolute atomic E-state index is 5.95. The van der Waals surface area contributed by atoms with E-state index < -0.39 is 0 Å². The summed E-state index contributed by atoms with van der Waals surface area (Å²) in [6.45, 7) is 3.74. The third-order valence-corrected chi connectivity index (χ3v) is 6.37. The first-order valence-electron chi connectivity index (χ1n) is 10.5. The molecule has 2 aliphatic heterocycles. The van der Waals surface area contributed by atoms with Crippen molar-refractivity contribution < 1.29 is 4.74 Å². The number of nitrogens with one attached hydrogen (secondary N) is 1. The summed E-state index contributed by atoms with van der Waals surface area (Å²) in [5.74, 6) is 0. The van der Waals surface area contributed by atoms with Crippen LogP contribution in [0.3, 0.4) is 0 Å². The van der Waals surface area contributed by atoms with Crippen LogP contribution in [0, 0.1) is 6.92 Å². The topological polar surface area (TPSA) is 42.3 Å². The van der Waals surface area contributed by atoms with Crippen molar-refractivity contribution in [1.29, 1.82) is 0 Å². The van der Waals surface area contributed by atoms with Gasteiger partial charge >= 0.3 is 0 Å². The van der Waals surface area contributed by atoms with Crippen molar-refractivity contribution in [3.05, 3.63) is 83.9 Å². The summed E-state index contributed by atoms with van der Waals surface area (Å²) >= 11 is 5.80. The minimum atomic E-state index is -0.0146. The van der Waals surface area contributed by atoms with Crippen molar-refractivity contribution in [2.75, 3.05) is 13.2 Å². The van der Waals surface area contributed by atoms with E-state index in [9.17, 15) is 0 Å². The van der Waals surface area contributed by atoms with Crippen LogP contribution >= 0.6 is 12.2 Å². The summed E-state index contributed by atoms with van der Waals surface area (Å²) in [5.41, 5.74) is 4.59. The van der Waals surface area contributed by atoms with Crippen molar-refractivity contribution in [2.45, 2.75) is 38.0 Å². The van der Waals surface area contributed by atoms with Crippen molar-refractivity contribution in [2.24, 2.45) is 0 Å². The van der Waals surface area contributed by atoms with Crippen molar-refractivity contribution in [3.63, 3.8) is 0 Å². The minimum absolute atomic E-state index is 0.0146. The van der Waals surface area contributed by atoms with E-state index >= 15 is 0 Å². The van der Waals surface area contributed by atoms with Gasteiger partial charge in [0.15, 0.2) is 5.11 Å². The zero-order valence-corrected chi connectivity index (χ0v) is 17.9. The smallest absolute Gasteiger partial charge is 0.170 e. The molecular formula is C24H26N4OS. The van der Waals surface area contributed by atoms with Crippen LogP contribution in [0.1, 0.15) is 41.9 Å². The van der Waals surface area contributed by atoms with Gasteiger partial charge in [-0.3, -0.25) is 4.98 Å². The van der Waals surface area contributed by atoms with Crippen LogP contribution < -0.4 is 5.32 Å². The van der Waals surface area contributed by atoms with Gasteiger partial charge in [0, 0.05) is 36.9 Å². The molecule has 5 nitrogen and oxygen atoms in total. The molecule has 5 rings (SSSR count). The molecule has 0 saturated carbocycles. The Morgan fingerprint density at radius 1 is 1.13 bits per heavy atom. The monoisotopic (exact) mass is 418 g/mol. The molecule has 6 heteroatoms. The molecule has 1 aromatic carbocycles. The third kappa shape index (κ3) is 3.61. The molecule has 30 heavy (non-hydrogen) atoms. The second-order valence-corrected chi connectivity index (χ2v) is 8.44. The Balaban J connectivity index is 1.56. The predicted molar refractivity (Wildman–Crippen MR) is 122 cm³/mol. The molecule has 0 spiro atoms. The zero-order chi connectivity index (χ0) is 20.5. The Kier molecular flexibility index (Phi) is 5.27. The summed E-state index contributed by atoms with van der Waals surface area (Å²) in [7, 11) is 0. The van der Waals surface area contributed by atoms with E-state index in [2.05, 4.69) is 75.4 Å². The van der Waals surface area contributed by atoms with Gasteiger partial charge in [0.25, 0.3) is 0 Å². The van der Waals surface area contributed by atoms with Crippen LogP contribution in [-0.4, -0.2) is 38.8 Å². The van der Waals surface area contributed by atoms with Gasteiger partial charge in [-0.15, -0.1) is 0 Å². The Bertz CT molecular complexity index is 1010. The Hall–Kier alpha value is -2.70. The first-order valence-corrected chi connectivity index (χ1v) is 11.0. The van der Waals surface area contributed by atoms with E-state index in [0.717, 1.165) is 42.5 Å². The van der Waals surface area contributed by atoms with Crippen molar-refractivity contribution in [3.8, 4) is 5.69 Å².